The van der Waals surface area contributed by atoms with E-state index in [1.165, 1.54) is 0 Å². The van der Waals surface area contributed by atoms with Gasteiger partial charge in [-0.25, -0.2) is 4.98 Å². The number of aryl methyl sites for hydroxylation is 1. The van der Waals surface area contributed by atoms with Gasteiger partial charge in [0.15, 0.2) is 11.5 Å². The molecular weight excluding hydrogens is 376 g/mol. The Morgan fingerprint density at radius 3 is 2.89 bits per heavy atom. The number of amides is 1. The summed E-state index contributed by atoms with van der Waals surface area (Å²) in [5, 5.41) is 5.81. The summed E-state index contributed by atoms with van der Waals surface area (Å²) in [6, 6.07) is 13.2. The Kier molecular flexibility index (Phi) is 5.43. The number of nitrogens with zero attached hydrogens (tertiary/aromatic N) is 1. The van der Waals surface area contributed by atoms with E-state index in [0.29, 0.717) is 43.2 Å². The number of ether oxygens (including phenoxy) is 3. The molecule has 0 radical (unpaired) electrons. The highest BCUT2D eigenvalue weighted by Crippen LogP contribution is 2.32. The number of benzene rings is 2. The van der Waals surface area contributed by atoms with Crippen LogP contribution in [0.25, 0.3) is 10.6 Å². The predicted molar refractivity (Wildman–Crippen MR) is 108 cm³/mol. The van der Waals surface area contributed by atoms with E-state index >= 15 is 0 Å². The molecule has 0 saturated carbocycles. The van der Waals surface area contributed by atoms with Crippen molar-refractivity contribution in [3.8, 4) is 27.8 Å². The highest BCUT2D eigenvalue weighted by molar-refractivity contribution is 7.13. The van der Waals surface area contributed by atoms with E-state index in [0.717, 1.165) is 22.0 Å². The van der Waals surface area contributed by atoms with Crippen molar-refractivity contribution in [3.05, 3.63) is 53.5 Å². The number of carbonyl (C=O) groups is 1. The molecule has 1 amide bonds. The van der Waals surface area contributed by atoms with Crippen molar-refractivity contribution >= 4 is 22.9 Å². The molecular formula is C21H20N2O4S. The molecule has 7 heteroatoms. The fourth-order valence-corrected chi connectivity index (χ4v) is 3.75. The van der Waals surface area contributed by atoms with Crippen molar-refractivity contribution in [2.75, 3.05) is 25.6 Å². The number of methoxy groups -OCH3 is 1. The number of fused-ring (bicyclic) bond motifs is 1. The molecule has 0 bridgehead atoms. The highest BCUT2D eigenvalue weighted by Gasteiger charge is 2.13. The molecule has 0 unspecified atom stereocenters. The van der Waals surface area contributed by atoms with Crippen LogP contribution in [0, 0.1) is 0 Å². The Bertz CT molecular complexity index is 986. The van der Waals surface area contributed by atoms with Crippen LogP contribution < -0.4 is 19.5 Å². The first-order chi connectivity index (χ1) is 13.7. The molecule has 0 atom stereocenters. The minimum Gasteiger partial charge on any atom is -0.497 e. The third-order valence-corrected chi connectivity index (χ3v) is 5.24. The maximum absolute atomic E-state index is 12.3. The maximum Gasteiger partial charge on any atom is 0.224 e. The molecule has 0 aliphatic carbocycles. The van der Waals surface area contributed by atoms with Crippen LogP contribution in [0.2, 0.25) is 0 Å². The summed E-state index contributed by atoms with van der Waals surface area (Å²) in [7, 11) is 1.65. The van der Waals surface area contributed by atoms with Crippen LogP contribution >= 0.6 is 11.3 Å². The topological polar surface area (TPSA) is 69.7 Å². The number of hydrogen-bond acceptors (Lipinski definition) is 6. The van der Waals surface area contributed by atoms with Crippen LogP contribution in [0.3, 0.4) is 0 Å². The van der Waals surface area contributed by atoms with Gasteiger partial charge in [0.2, 0.25) is 5.91 Å². The van der Waals surface area contributed by atoms with E-state index in [1.54, 1.807) is 24.5 Å². The fraction of sp³-hybridized carbons (Fsp3) is 0.238. The lowest BCUT2D eigenvalue weighted by Gasteiger charge is -2.19. The normalized spacial score (nSPS) is 12.5. The molecule has 0 spiro atoms. The minimum absolute atomic E-state index is 0.0624. The van der Waals surface area contributed by atoms with Crippen LogP contribution in [0.4, 0.5) is 5.69 Å². The van der Waals surface area contributed by atoms with Crippen molar-refractivity contribution in [1.82, 2.24) is 4.98 Å². The van der Waals surface area contributed by atoms with Gasteiger partial charge in [-0.2, -0.15) is 0 Å². The number of carbonyl (C=O) groups excluding carboxylic acids is 1. The number of anilines is 1. The second-order valence-corrected chi connectivity index (χ2v) is 7.14. The largest absolute Gasteiger partial charge is 0.497 e. The van der Waals surface area contributed by atoms with Gasteiger partial charge >= 0.3 is 0 Å². The molecule has 3 aromatic rings. The van der Waals surface area contributed by atoms with Gasteiger partial charge in [0.1, 0.15) is 24.0 Å². The Morgan fingerprint density at radius 1 is 1.18 bits per heavy atom. The first-order valence-electron chi connectivity index (χ1n) is 8.99. The van der Waals surface area contributed by atoms with Gasteiger partial charge < -0.3 is 19.5 Å². The van der Waals surface area contributed by atoms with Crippen molar-refractivity contribution in [1.29, 1.82) is 0 Å². The van der Waals surface area contributed by atoms with Crippen LogP contribution in [0.5, 0.6) is 17.2 Å². The van der Waals surface area contributed by atoms with Crippen LogP contribution in [-0.4, -0.2) is 31.2 Å². The lowest BCUT2D eigenvalue weighted by atomic mass is 10.2. The fourth-order valence-electron chi connectivity index (χ4n) is 2.90. The second-order valence-electron chi connectivity index (χ2n) is 6.28. The zero-order valence-electron chi connectivity index (χ0n) is 15.4. The molecule has 1 aliphatic rings. The van der Waals surface area contributed by atoms with E-state index in [-0.39, 0.29) is 5.91 Å². The summed E-state index contributed by atoms with van der Waals surface area (Å²) in [5.74, 6) is 2.10. The van der Waals surface area contributed by atoms with Gasteiger partial charge in [-0.05, 0) is 30.7 Å². The number of rotatable bonds is 6. The zero-order chi connectivity index (χ0) is 19.3. The Balaban J connectivity index is 1.34. The first kappa shape index (κ1) is 18.3. The first-order valence-corrected chi connectivity index (χ1v) is 9.87. The van der Waals surface area contributed by atoms with Crippen molar-refractivity contribution < 1.29 is 19.0 Å². The van der Waals surface area contributed by atoms with Crippen LogP contribution in [0.1, 0.15) is 12.1 Å². The summed E-state index contributed by atoms with van der Waals surface area (Å²) >= 11 is 1.56. The molecule has 1 aromatic heterocycles. The summed E-state index contributed by atoms with van der Waals surface area (Å²) in [5.41, 5.74) is 2.61. The van der Waals surface area contributed by atoms with Crippen LogP contribution in [-0.2, 0) is 11.2 Å². The number of aromatic nitrogens is 1. The van der Waals surface area contributed by atoms with Crippen molar-refractivity contribution in [3.63, 3.8) is 0 Å². The summed E-state index contributed by atoms with van der Waals surface area (Å²) in [6.45, 7) is 1.06. The smallest absolute Gasteiger partial charge is 0.224 e. The lowest BCUT2D eigenvalue weighted by Crippen LogP contribution is -2.16. The van der Waals surface area contributed by atoms with Crippen LogP contribution in [0.15, 0.2) is 47.8 Å². The van der Waals surface area contributed by atoms with Crippen molar-refractivity contribution in [2.45, 2.75) is 12.8 Å². The average molecular weight is 396 g/mol. The molecule has 6 nitrogen and oxygen atoms in total. The molecule has 28 heavy (non-hydrogen) atoms. The quantitative estimate of drug-likeness (QED) is 0.677. The molecule has 1 aliphatic heterocycles. The van der Waals surface area contributed by atoms with E-state index < -0.39 is 0 Å². The molecule has 1 N–H and O–H groups in total. The zero-order valence-corrected chi connectivity index (χ0v) is 16.3. The Labute approximate surface area is 167 Å². The maximum atomic E-state index is 12.3. The number of nitrogens with one attached hydrogen (secondary N) is 1. The van der Waals surface area contributed by atoms with E-state index in [9.17, 15) is 4.79 Å². The van der Waals surface area contributed by atoms with Gasteiger partial charge in [0.05, 0.1) is 12.8 Å². The standard InChI is InChI=1S/C21H20N2O4S/c1-25-17-4-2-3-14(11-17)21-23-16(13-28-21)6-8-20(24)22-15-5-7-18-19(12-15)27-10-9-26-18/h2-5,7,11-13H,6,8-10H2,1H3,(H,22,24). The van der Waals surface area contributed by atoms with E-state index in [4.69, 9.17) is 14.2 Å². The summed E-state index contributed by atoms with van der Waals surface area (Å²) < 4.78 is 16.3. The Morgan fingerprint density at radius 2 is 2.04 bits per heavy atom. The monoisotopic (exact) mass is 396 g/mol. The number of thiazole rings is 1. The molecule has 2 heterocycles. The summed E-state index contributed by atoms with van der Waals surface area (Å²) in [4.78, 5) is 16.9. The molecule has 4 rings (SSSR count). The Hall–Kier alpha value is -3.06. The summed E-state index contributed by atoms with van der Waals surface area (Å²) in [6.07, 6.45) is 0.937. The van der Waals surface area contributed by atoms with Gasteiger partial charge in [0, 0.05) is 29.1 Å². The molecule has 144 valence electrons. The van der Waals surface area contributed by atoms with Gasteiger partial charge in [-0.3, -0.25) is 4.79 Å². The SMILES string of the molecule is COc1cccc(-c2nc(CCC(=O)Nc3ccc4c(c3)OCCO4)cs2)c1. The van der Waals surface area contributed by atoms with Gasteiger partial charge in [-0.1, -0.05) is 12.1 Å². The van der Waals surface area contributed by atoms with Crippen molar-refractivity contribution in [2.24, 2.45) is 0 Å². The lowest BCUT2D eigenvalue weighted by molar-refractivity contribution is -0.116. The van der Waals surface area contributed by atoms with E-state index in [2.05, 4.69) is 10.3 Å². The highest BCUT2D eigenvalue weighted by atomic mass is 32.1. The third kappa shape index (κ3) is 4.26. The third-order valence-electron chi connectivity index (χ3n) is 4.30. The minimum atomic E-state index is -0.0624. The number of hydrogen-bond donors (Lipinski definition) is 1. The molecule has 2 aromatic carbocycles. The predicted octanol–water partition coefficient (Wildman–Crippen LogP) is 4.16. The molecule has 0 saturated heterocycles. The second kappa shape index (κ2) is 8.31. The van der Waals surface area contributed by atoms with E-state index in [1.807, 2.05) is 41.8 Å². The average Bonchev–Trinajstić information content (AvgIpc) is 3.21. The van der Waals surface area contributed by atoms with Gasteiger partial charge in [-0.15, -0.1) is 11.3 Å². The van der Waals surface area contributed by atoms with Gasteiger partial charge in [0.25, 0.3) is 0 Å². The molecule has 0 fully saturated rings.